The Morgan fingerprint density at radius 2 is 1.33 bits per heavy atom. The van der Waals surface area contributed by atoms with E-state index >= 15 is 0 Å². The number of amides is 1. The smallest absolute Gasteiger partial charge is 0.263 e. The van der Waals surface area contributed by atoms with Crippen molar-refractivity contribution in [1.29, 1.82) is 0 Å². The molecule has 0 aliphatic carbocycles. The molecular formula is C25H23NO. The van der Waals surface area contributed by atoms with Gasteiger partial charge in [-0.25, -0.2) is 0 Å². The van der Waals surface area contributed by atoms with Gasteiger partial charge in [-0.3, -0.25) is 9.69 Å². The summed E-state index contributed by atoms with van der Waals surface area (Å²) in [7, 11) is 0. The molecule has 4 rings (SSSR count). The van der Waals surface area contributed by atoms with Crippen LogP contribution in [0.4, 0.5) is 5.69 Å². The number of benzene rings is 3. The summed E-state index contributed by atoms with van der Waals surface area (Å²) >= 11 is 0. The lowest BCUT2D eigenvalue weighted by atomic mass is 9.85. The minimum Gasteiger partial charge on any atom is -0.276 e. The minimum atomic E-state index is -0.0660. The highest BCUT2D eigenvalue weighted by Gasteiger charge is 2.35. The van der Waals surface area contributed by atoms with Gasteiger partial charge in [0.15, 0.2) is 0 Å². The first-order chi connectivity index (χ1) is 13.0. The van der Waals surface area contributed by atoms with Crippen molar-refractivity contribution in [2.75, 3.05) is 4.90 Å². The number of fused-ring (bicyclic) bond motifs is 1. The molecule has 0 saturated carbocycles. The predicted molar refractivity (Wildman–Crippen MR) is 113 cm³/mol. The Morgan fingerprint density at radius 3 is 2.04 bits per heavy atom. The van der Waals surface area contributed by atoms with Gasteiger partial charge in [0.05, 0.1) is 11.4 Å². The number of para-hydroxylation sites is 1. The van der Waals surface area contributed by atoms with Crippen LogP contribution in [0.2, 0.25) is 0 Å². The maximum Gasteiger partial charge on any atom is 0.263 e. The SMILES string of the molecule is CC(C)(C)c1ccccc1N1C(=O)c2ccccc2C1=Cc1ccccc1. The van der Waals surface area contributed by atoms with E-state index in [4.69, 9.17) is 0 Å². The van der Waals surface area contributed by atoms with E-state index in [1.54, 1.807) is 0 Å². The first kappa shape index (κ1) is 17.3. The maximum atomic E-state index is 13.4. The summed E-state index contributed by atoms with van der Waals surface area (Å²) < 4.78 is 0. The van der Waals surface area contributed by atoms with Crippen LogP contribution in [0.25, 0.3) is 11.8 Å². The highest BCUT2D eigenvalue weighted by molar-refractivity contribution is 6.24. The maximum absolute atomic E-state index is 13.4. The molecule has 0 bridgehead atoms. The summed E-state index contributed by atoms with van der Waals surface area (Å²) in [6, 6.07) is 26.2. The molecule has 1 heterocycles. The van der Waals surface area contributed by atoms with Gasteiger partial charge in [0.25, 0.3) is 5.91 Å². The number of hydrogen-bond acceptors (Lipinski definition) is 1. The van der Waals surface area contributed by atoms with Crippen LogP contribution in [0.1, 0.15) is 47.8 Å². The molecule has 3 aromatic carbocycles. The molecule has 0 N–H and O–H groups in total. The number of rotatable bonds is 2. The average molecular weight is 353 g/mol. The molecule has 1 aliphatic rings. The number of anilines is 1. The van der Waals surface area contributed by atoms with E-state index in [9.17, 15) is 4.79 Å². The van der Waals surface area contributed by atoms with Crippen molar-refractivity contribution < 1.29 is 4.79 Å². The van der Waals surface area contributed by atoms with Crippen molar-refractivity contribution >= 4 is 23.4 Å². The van der Waals surface area contributed by atoms with Crippen molar-refractivity contribution in [1.82, 2.24) is 0 Å². The van der Waals surface area contributed by atoms with Gasteiger partial charge >= 0.3 is 0 Å². The average Bonchev–Trinajstić information content (AvgIpc) is 2.94. The summed E-state index contributed by atoms with van der Waals surface area (Å²) in [5.74, 6) is 0.0319. The zero-order valence-corrected chi connectivity index (χ0v) is 15.9. The molecular weight excluding hydrogens is 330 g/mol. The van der Waals surface area contributed by atoms with Crippen molar-refractivity contribution in [3.63, 3.8) is 0 Å². The van der Waals surface area contributed by atoms with Gasteiger partial charge in [-0.2, -0.15) is 0 Å². The Labute approximate surface area is 160 Å². The predicted octanol–water partition coefficient (Wildman–Crippen LogP) is 6.14. The first-order valence-corrected chi connectivity index (χ1v) is 9.27. The fourth-order valence-electron chi connectivity index (χ4n) is 3.63. The van der Waals surface area contributed by atoms with E-state index < -0.39 is 0 Å². The van der Waals surface area contributed by atoms with Crippen molar-refractivity contribution in [2.24, 2.45) is 0 Å². The van der Waals surface area contributed by atoms with Crippen LogP contribution >= 0.6 is 0 Å². The Bertz CT molecular complexity index is 1030. The van der Waals surface area contributed by atoms with E-state index in [1.807, 2.05) is 65.6 Å². The quantitative estimate of drug-likeness (QED) is 0.542. The van der Waals surface area contributed by atoms with Crippen LogP contribution in [0.15, 0.2) is 78.9 Å². The molecule has 0 atom stereocenters. The van der Waals surface area contributed by atoms with Gasteiger partial charge in [0.2, 0.25) is 0 Å². The van der Waals surface area contributed by atoms with Crippen LogP contribution in [-0.2, 0) is 5.41 Å². The molecule has 1 amide bonds. The lowest BCUT2D eigenvalue weighted by Gasteiger charge is -2.28. The summed E-state index contributed by atoms with van der Waals surface area (Å²) in [6.07, 6.45) is 2.10. The molecule has 27 heavy (non-hydrogen) atoms. The van der Waals surface area contributed by atoms with E-state index in [0.29, 0.717) is 0 Å². The highest BCUT2D eigenvalue weighted by atomic mass is 16.2. The number of carbonyl (C=O) groups is 1. The Morgan fingerprint density at radius 1 is 0.741 bits per heavy atom. The standard InChI is InChI=1S/C25H23NO/c1-25(2,3)21-15-9-10-16-22(21)26-23(17-18-11-5-4-6-12-18)19-13-7-8-14-20(19)24(26)27/h4-17H,1-3H3. The Balaban J connectivity index is 1.95. The second kappa shape index (κ2) is 6.55. The van der Waals surface area contributed by atoms with Crippen molar-refractivity contribution in [3.05, 3.63) is 101 Å². The monoisotopic (exact) mass is 353 g/mol. The van der Waals surface area contributed by atoms with Gasteiger partial charge < -0.3 is 0 Å². The Kier molecular flexibility index (Phi) is 4.19. The molecule has 0 aromatic heterocycles. The lowest BCUT2D eigenvalue weighted by molar-refractivity contribution is 0.101. The van der Waals surface area contributed by atoms with Crippen molar-refractivity contribution in [3.8, 4) is 0 Å². The van der Waals surface area contributed by atoms with E-state index in [2.05, 4.69) is 45.0 Å². The first-order valence-electron chi connectivity index (χ1n) is 9.27. The zero-order valence-electron chi connectivity index (χ0n) is 15.9. The fourth-order valence-corrected chi connectivity index (χ4v) is 3.63. The second-order valence-electron chi connectivity index (χ2n) is 7.89. The molecule has 0 saturated heterocycles. The van der Waals surface area contributed by atoms with Crippen LogP contribution < -0.4 is 4.90 Å². The van der Waals surface area contributed by atoms with E-state index in [1.165, 1.54) is 0 Å². The molecule has 2 heteroatoms. The van der Waals surface area contributed by atoms with Gasteiger partial charge in [0.1, 0.15) is 0 Å². The minimum absolute atomic E-state index is 0.0319. The van der Waals surface area contributed by atoms with Crippen LogP contribution in [0.5, 0.6) is 0 Å². The van der Waals surface area contributed by atoms with Gasteiger partial charge in [-0.1, -0.05) is 87.5 Å². The second-order valence-corrected chi connectivity index (χ2v) is 7.89. The number of nitrogens with zero attached hydrogens (tertiary/aromatic N) is 1. The molecule has 134 valence electrons. The number of carbonyl (C=O) groups excluding carboxylic acids is 1. The zero-order chi connectivity index (χ0) is 19.0. The largest absolute Gasteiger partial charge is 0.276 e. The summed E-state index contributed by atoms with van der Waals surface area (Å²) in [5.41, 5.74) is 5.79. The van der Waals surface area contributed by atoms with E-state index in [-0.39, 0.29) is 11.3 Å². The molecule has 2 nitrogen and oxygen atoms in total. The molecule has 0 spiro atoms. The fraction of sp³-hybridized carbons (Fsp3) is 0.160. The summed E-state index contributed by atoms with van der Waals surface area (Å²) in [5, 5.41) is 0. The summed E-state index contributed by atoms with van der Waals surface area (Å²) in [6.45, 7) is 6.54. The highest BCUT2D eigenvalue weighted by Crippen LogP contribution is 2.42. The van der Waals surface area contributed by atoms with Crippen LogP contribution in [0.3, 0.4) is 0 Å². The van der Waals surface area contributed by atoms with Crippen LogP contribution in [-0.4, -0.2) is 5.91 Å². The molecule has 0 unspecified atom stereocenters. The summed E-state index contributed by atoms with van der Waals surface area (Å²) in [4.78, 5) is 15.2. The van der Waals surface area contributed by atoms with E-state index in [0.717, 1.165) is 33.6 Å². The third-order valence-electron chi connectivity index (χ3n) is 4.93. The Hall–Kier alpha value is -3.13. The normalized spacial score (nSPS) is 15.3. The molecule has 3 aromatic rings. The third kappa shape index (κ3) is 3.08. The lowest BCUT2D eigenvalue weighted by Crippen LogP contribution is -2.26. The third-order valence-corrected chi connectivity index (χ3v) is 4.93. The van der Waals surface area contributed by atoms with Gasteiger partial charge in [-0.15, -0.1) is 0 Å². The number of hydrogen-bond donors (Lipinski definition) is 0. The topological polar surface area (TPSA) is 20.3 Å². The van der Waals surface area contributed by atoms with Gasteiger partial charge in [-0.05, 0) is 34.8 Å². The molecule has 1 aliphatic heterocycles. The van der Waals surface area contributed by atoms with Crippen LogP contribution in [0, 0.1) is 0 Å². The molecule has 0 radical (unpaired) electrons. The van der Waals surface area contributed by atoms with Crippen molar-refractivity contribution in [2.45, 2.75) is 26.2 Å². The molecule has 0 fully saturated rings. The van der Waals surface area contributed by atoms with Gasteiger partial charge in [0, 0.05) is 11.1 Å².